The molecule has 0 fully saturated rings. The number of carbonyl (C=O) groups is 2. The number of aliphatic carboxylic acids is 1. The molecule has 0 saturated carbocycles. The van der Waals surface area contributed by atoms with Crippen LogP contribution in [0.1, 0.15) is 11.5 Å². The zero-order chi connectivity index (χ0) is 11.7. The van der Waals surface area contributed by atoms with Crippen LogP contribution < -0.4 is 4.90 Å². The minimum atomic E-state index is -0.910. The van der Waals surface area contributed by atoms with Gasteiger partial charge >= 0.3 is 5.97 Å². The fourth-order valence-electron chi connectivity index (χ4n) is 1.94. The van der Waals surface area contributed by atoms with Gasteiger partial charge in [-0.1, -0.05) is 24.8 Å². The monoisotopic (exact) mass is 217 g/mol. The molecule has 82 valence electrons. The summed E-state index contributed by atoms with van der Waals surface area (Å²) in [6.07, 6.45) is 1.20. The Hall–Kier alpha value is -2.10. The average molecular weight is 217 g/mol. The molecular formula is C12H11NO3. The lowest BCUT2D eigenvalue weighted by Gasteiger charge is -2.14. The van der Waals surface area contributed by atoms with Gasteiger partial charge in [-0.05, 0) is 17.7 Å². The molecule has 0 spiro atoms. The van der Waals surface area contributed by atoms with Crippen LogP contribution in [0.4, 0.5) is 5.69 Å². The second-order valence-electron chi connectivity index (χ2n) is 3.60. The number of nitrogens with zero attached hydrogens (tertiary/aromatic N) is 1. The molecule has 1 N–H and O–H groups in total. The van der Waals surface area contributed by atoms with Crippen molar-refractivity contribution in [1.29, 1.82) is 0 Å². The molecule has 0 saturated heterocycles. The molecule has 1 aromatic carbocycles. The van der Waals surface area contributed by atoms with Crippen molar-refractivity contribution in [2.45, 2.75) is 5.92 Å². The largest absolute Gasteiger partial charge is 0.481 e. The standard InChI is InChI=1S/C12H11NO3/c1-2-11(14)13-7-9(12(15)16)8-5-3-4-6-10(8)13/h2-6,9H,1,7H2,(H,15,16). The Morgan fingerprint density at radius 3 is 2.75 bits per heavy atom. The van der Waals surface area contributed by atoms with Gasteiger partial charge in [-0.2, -0.15) is 0 Å². The summed E-state index contributed by atoms with van der Waals surface area (Å²) in [7, 11) is 0. The minimum absolute atomic E-state index is 0.180. The third kappa shape index (κ3) is 1.48. The van der Waals surface area contributed by atoms with Crippen LogP contribution in [-0.2, 0) is 9.59 Å². The van der Waals surface area contributed by atoms with Crippen LogP contribution >= 0.6 is 0 Å². The Morgan fingerprint density at radius 1 is 1.44 bits per heavy atom. The van der Waals surface area contributed by atoms with E-state index in [1.54, 1.807) is 24.3 Å². The van der Waals surface area contributed by atoms with E-state index in [4.69, 9.17) is 5.11 Å². The number of amides is 1. The van der Waals surface area contributed by atoms with Crippen LogP contribution in [0.15, 0.2) is 36.9 Å². The second-order valence-corrected chi connectivity index (χ2v) is 3.60. The van der Waals surface area contributed by atoms with Gasteiger partial charge in [0.1, 0.15) is 5.92 Å². The molecule has 1 aliphatic rings. The van der Waals surface area contributed by atoms with E-state index in [2.05, 4.69) is 6.58 Å². The van der Waals surface area contributed by atoms with Crippen molar-refractivity contribution in [2.75, 3.05) is 11.4 Å². The predicted molar refractivity (Wildman–Crippen MR) is 59.4 cm³/mol. The summed E-state index contributed by atoms with van der Waals surface area (Å²) in [5.74, 6) is -1.82. The van der Waals surface area contributed by atoms with Crippen LogP contribution in [0.3, 0.4) is 0 Å². The molecule has 1 amide bonds. The number of rotatable bonds is 2. The Bertz CT molecular complexity index is 467. The molecule has 1 aromatic rings. The third-order valence-corrected chi connectivity index (χ3v) is 2.71. The summed E-state index contributed by atoms with van der Waals surface area (Å²) in [4.78, 5) is 24.1. The first-order valence-corrected chi connectivity index (χ1v) is 4.91. The zero-order valence-corrected chi connectivity index (χ0v) is 8.59. The maximum atomic E-state index is 11.6. The molecule has 1 atom stereocenters. The molecule has 0 aromatic heterocycles. The van der Waals surface area contributed by atoms with Crippen molar-refractivity contribution in [3.8, 4) is 0 Å². The Morgan fingerprint density at radius 2 is 2.12 bits per heavy atom. The maximum absolute atomic E-state index is 11.6. The summed E-state index contributed by atoms with van der Waals surface area (Å²) in [6.45, 7) is 3.59. The Kier molecular flexibility index (Phi) is 2.48. The van der Waals surface area contributed by atoms with E-state index >= 15 is 0 Å². The van der Waals surface area contributed by atoms with E-state index in [0.717, 1.165) is 0 Å². The van der Waals surface area contributed by atoms with Gasteiger partial charge in [0.25, 0.3) is 0 Å². The van der Waals surface area contributed by atoms with E-state index in [9.17, 15) is 9.59 Å². The normalized spacial score (nSPS) is 18.0. The van der Waals surface area contributed by atoms with Gasteiger partial charge in [0.2, 0.25) is 5.91 Å². The molecule has 4 nitrogen and oxygen atoms in total. The van der Waals surface area contributed by atoms with Crippen molar-refractivity contribution >= 4 is 17.6 Å². The minimum Gasteiger partial charge on any atom is -0.481 e. The number of hydrogen-bond donors (Lipinski definition) is 1. The van der Waals surface area contributed by atoms with Gasteiger partial charge in [0.15, 0.2) is 0 Å². The molecule has 0 bridgehead atoms. The fourth-order valence-corrected chi connectivity index (χ4v) is 1.94. The summed E-state index contributed by atoms with van der Waals surface area (Å²) < 4.78 is 0. The quantitative estimate of drug-likeness (QED) is 0.761. The Labute approximate surface area is 92.8 Å². The number of carboxylic acid groups (broad SMARTS) is 1. The maximum Gasteiger partial charge on any atom is 0.312 e. The fraction of sp³-hybridized carbons (Fsp3) is 0.167. The van der Waals surface area contributed by atoms with Gasteiger partial charge in [-0.25, -0.2) is 0 Å². The van der Waals surface area contributed by atoms with Gasteiger partial charge in [0.05, 0.1) is 0 Å². The molecular weight excluding hydrogens is 206 g/mol. The van der Waals surface area contributed by atoms with Gasteiger partial charge in [-0.15, -0.1) is 0 Å². The summed E-state index contributed by atoms with van der Waals surface area (Å²) in [6, 6.07) is 7.05. The Balaban J connectivity index is 2.46. The van der Waals surface area contributed by atoms with Crippen molar-refractivity contribution < 1.29 is 14.7 Å². The van der Waals surface area contributed by atoms with E-state index < -0.39 is 11.9 Å². The van der Waals surface area contributed by atoms with E-state index in [0.29, 0.717) is 11.3 Å². The van der Waals surface area contributed by atoms with Crippen molar-refractivity contribution in [3.05, 3.63) is 42.5 Å². The van der Waals surface area contributed by atoms with E-state index in [1.165, 1.54) is 11.0 Å². The van der Waals surface area contributed by atoms with Gasteiger partial charge in [0, 0.05) is 12.2 Å². The number of carbonyl (C=O) groups excluding carboxylic acids is 1. The number of carboxylic acids is 1. The molecule has 4 heteroatoms. The van der Waals surface area contributed by atoms with Crippen LogP contribution in [-0.4, -0.2) is 23.5 Å². The second kappa shape index (κ2) is 3.81. The first-order valence-electron chi connectivity index (χ1n) is 4.91. The summed E-state index contributed by atoms with van der Waals surface area (Å²) in [5.41, 5.74) is 1.35. The highest BCUT2D eigenvalue weighted by molar-refractivity contribution is 6.04. The lowest BCUT2D eigenvalue weighted by molar-refractivity contribution is -0.138. The third-order valence-electron chi connectivity index (χ3n) is 2.71. The highest BCUT2D eigenvalue weighted by Crippen LogP contribution is 2.36. The molecule has 16 heavy (non-hydrogen) atoms. The van der Waals surface area contributed by atoms with Gasteiger partial charge in [-0.3, -0.25) is 9.59 Å². The van der Waals surface area contributed by atoms with Crippen LogP contribution in [0.2, 0.25) is 0 Å². The molecule has 2 rings (SSSR count). The summed E-state index contributed by atoms with van der Waals surface area (Å²) >= 11 is 0. The molecule has 1 aliphatic heterocycles. The number of anilines is 1. The van der Waals surface area contributed by atoms with Crippen LogP contribution in [0.5, 0.6) is 0 Å². The lowest BCUT2D eigenvalue weighted by Crippen LogP contribution is -2.29. The van der Waals surface area contributed by atoms with Crippen molar-refractivity contribution in [3.63, 3.8) is 0 Å². The van der Waals surface area contributed by atoms with Crippen LogP contribution in [0.25, 0.3) is 0 Å². The number of para-hydroxylation sites is 1. The molecule has 0 aliphatic carbocycles. The smallest absolute Gasteiger partial charge is 0.312 e. The summed E-state index contributed by atoms with van der Waals surface area (Å²) in [5, 5.41) is 9.07. The number of hydrogen-bond acceptors (Lipinski definition) is 2. The van der Waals surface area contributed by atoms with Crippen molar-refractivity contribution in [1.82, 2.24) is 0 Å². The number of benzene rings is 1. The van der Waals surface area contributed by atoms with Crippen LogP contribution in [0, 0.1) is 0 Å². The first kappa shape index (κ1) is 10.4. The molecule has 1 heterocycles. The van der Waals surface area contributed by atoms with E-state index in [-0.39, 0.29) is 12.5 Å². The topological polar surface area (TPSA) is 57.6 Å². The first-order chi connectivity index (χ1) is 7.65. The van der Waals surface area contributed by atoms with E-state index in [1.807, 2.05) is 0 Å². The molecule has 0 radical (unpaired) electrons. The zero-order valence-electron chi connectivity index (χ0n) is 8.59. The highest BCUT2D eigenvalue weighted by atomic mass is 16.4. The molecule has 1 unspecified atom stereocenters. The van der Waals surface area contributed by atoms with Gasteiger partial charge < -0.3 is 10.0 Å². The SMILES string of the molecule is C=CC(=O)N1CC(C(=O)O)c2ccccc21. The highest BCUT2D eigenvalue weighted by Gasteiger charge is 2.35. The number of fused-ring (bicyclic) bond motifs is 1. The lowest BCUT2D eigenvalue weighted by atomic mass is 10.0. The predicted octanol–water partition coefficient (Wildman–Crippen LogP) is 1.39. The average Bonchev–Trinajstić information content (AvgIpc) is 2.67. The van der Waals surface area contributed by atoms with Crippen molar-refractivity contribution in [2.24, 2.45) is 0 Å².